The minimum atomic E-state index is -0.464. The minimum absolute atomic E-state index is 0.248. The average molecular weight is 267 g/mol. The molecule has 108 valence electrons. The fourth-order valence-corrected chi connectivity index (χ4v) is 3.46. The first kappa shape index (κ1) is 13.2. The number of carbonyl (C=O) groups excluding carboxylic acids is 1. The number of rotatable bonds is 2. The molecule has 4 nitrogen and oxygen atoms in total. The van der Waals surface area contributed by atoms with E-state index >= 15 is 0 Å². The Morgan fingerprint density at radius 1 is 1.37 bits per heavy atom. The molecule has 19 heavy (non-hydrogen) atoms. The van der Waals surface area contributed by atoms with Crippen LogP contribution >= 0.6 is 0 Å². The Labute approximate surface area is 115 Å². The number of aliphatic hydroxyl groups is 1. The molecule has 0 radical (unpaired) electrons. The molecular weight excluding hydrogens is 242 g/mol. The van der Waals surface area contributed by atoms with E-state index in [2.05, 4.69) is 0 Å². The van der Waals surface area contributed by atoms with Gasteiger partial charge >= 0.3 is 6.09 Å². The minimum Gasteiger partial charge on any atom is -0.444 e. The van der Waals surface area contributed by atoms with Crippen LogP contribution in [0.1, 0.15) is 46.5 Å². The van der Waals surface area contributed by atoms with E-state index in [0.717, 1.165) is 12.3 Å². The maximum Gasteiger partial charge on any atom is 0.410 e. The van der Waals surface area contributed by atoms with Crippen molar-refractivity contribution in [1.82, 2.24) is 4.90 Å². The Morgan fingerprint density at radius 2 is 2.05 bits per heavy atom. The Hall–Kier alpha value is -0.770. The standard InChI is InChI=1S/C15H25NO3/c1-14(2,3)19-13(18)16-8-10(12(17)9-16)6-11-7-15(11)4-5-15/h10-12,17H,4-9H2,1-3H3. The molecule has 0 aromatic rings. The van der Waals surface area contributed by atoms with Crippen LogP contribution in [-0.4, -0.2) is 40.9 Å². The van der Waals surface area contributed by atoms with Crippen LogP contribution in [0.4, 0.5) is 4.79 Å². The van der Waals surface area contributed by atoms with E-state index in [1.807, 2.05) is 20.8 Å². The lowest BCUT2D eigenvalue weighted by Gasteiger charge is -2.24. The number of likely N-dealkylation sites (tertiary alicyclic amines) is 1. The second-order valence-corrected chi connectivity index (χ2v) is 7.71. The zero-order chi connectivity index (χ0) is 13.8. The molecule has 1 amide bonds. The van der Waals surface area contributed by atoms with Crippen LogP contribution < -0.4 is 0 Å². The number of hydrogen-bond donors (Lipinski definition) is 1. The van der Waals surface area contributed by atoms with Crippen LogP contribution in [0.3, 0.4) is 0 Å². The van der Waals surface area contributed by atoms with Crippen molar-refractivity contribution < 1.29 is 14.6 Å². The van der Waals surface area contributed by atoms with Crippen molar-refractivity contribution in [3.63, 3.8) is 0 Å². The number of amides is 1. The van der Waals surface area contributed by atoms with Crippen LogP contribution in [-0.2, 0) is 4.74 Å². The Balaban J connectivity index is 1.51. The van der Waals surface area contributed by atoms with Crippen LogP contribution in [0.2, 0.25) is 0 Å². The summed E-state index contributed by atoms with van der Waals surface area (Å²) in [6, 6.07) is 0. The molecule has 3 atom stereocenters. The van der Waals surface area contributed by atoms with Gasteiger partial charge in [-0.3, -0.25) is 0 Å². The Kier molecular flexibility index (Phi) is 2.86. The summed E-state index contributed by atoms with van der Waals surface area (Å²) in [6.45, 7) is 6.70. The van der Waals surface area contributed by atoms with Gasteiger partial charge in [0.05, 0.1) is 12.6 Å². The molecule has 4 heteroatoms. The fourth-order valence-electron chi connectivity index (χ4n) is 3.46. The normalized spacial score (nSPS) is 35.6. The molecule has 2 saturated carbocycles. The molecule has 3 fully saturated rings. The number of carbonyl (C=O) groups is 1. The predicted octanol–water partition coefficient (Wildman–Crippen LogP) is 2.40. The smallest absolute Gasteiger partial charge is 0.410 e. The molecule has 1 saturated heterocycles. The van der Waals surface area contributed by atoms with Gasteiger partial charge < -0.3 is 14.7 Å². The summed E-state index contributed by atoms with van der Waals surface area (Å²) in [6.07, 6.45) is 4.55. The summed E-state index contributed by atoms with van der Waals surface area (Å²) in [5, 5.41) is 10.1. The number of ether oxygens (including phenoxy) is 1. The zero-order valence-electron chi connectivity index (χ0n) is 12.2. The lowest BCUT2D eigenvalue weighted by Crippen LogP contribution is -2.35. The van der Waals surface area contributed by atoms with E-state index in [1.54, 1.807) is 4.90 Å². The van der Waals surface area contributed by atoms with Crippen LogP contribution in [0.25, 0.3) is 0 Å². The summed E-state index contributed by atoms with van der Waals surface area (Å²) in [5.41, 5.74) is 0.216. The lowest BCUT2D eigenvalue weighted by atomic mass is 9.98. The SMILES string of the molecule is CC(C)(C)OC(=O)N1CC(O)C(CC2CC23CC3)C1. The van der Waals surface area contributed by atoms with Gasteiger partial charge in [0.25, 0.3) is 0 Å². The Bertz CT molecular complexity index is 383. The largest absolute Gasteiger partial charge is 0.444 e. The quantitative estimate of drug-likeness (QED) is 0.836. The van der Waals surface area contributed by atoms with Crippen molar-refractivity contribution in [3.8, 4) is 0 Å². The van der Waals surface area contributed by atoms with Crippen molar-refractivity contribution >= 4 is 6.09 Å². The van der Waals surface area contributed by atoms with E-state index in [9.17, 15) is 9.90 Å². The second kappa shape index (κ2) is 4.11. The molecule has 0 bridgehead atoms. The highest BCUT2D eigenvalue weighted by atomic mass is 16.6. The van der Waals surface area contributed by atoms with Gasteiger partial charge in [0.2, 0.25) is 0 Å². The van der Waals surface area contributed by atoms with Crippen molar-refractivity contribution in [2.45, 2.75) is 58.2 Å². The first-order valence-corrected chi connectivity index (χ1v) is 7.45. The summed E-state index contributed by atoms with van der Waals surface area (Å²) in [4.78, 5) is 13.7. The third kappa shape index (κ3) is 2.73. The topological polar surface area (TPSA) is 49.8 Å². The molecule has 1 spiro atoms. The van der Waals surface area contributed by atoms with Crippen LogP contribution in [0.5, 0.6) is 0 Å². The molecule has 3 rings (SSSR count). The van der Waals surface area contributed by atoms with Crippen LogP contribution in [0.15, 0.2) is 0 Å². The van der Waals surface area contributed by atoms with E-state index in [1.165, 1.54) is 19.3 Å². The molecule has 1 aliphatic heterocycles. The number of aliphatic hydroxyl groups excluding tert-OH is 1. The number of nitrogens with zero attached hydrogens (tertiary/aromatic N) is 1. The van der Waals surface area contributed by atoms with E-state index in [-0.39, 0.29) is 18.1 Å². The summed E-state index contributed by atoms with van der Waals surface area (Å²) in [5.74, 6) is 1.06. The molecule has 1 heterocycles. The number of β-amino-alcohol motifs (C(OH)–C–C–N with tert-alkyl or cyclic N) is 1. The van der Waals surface area contributed by atoms with Gasteiger partial charge in [-0.25, -0.2) is 4.79 Å². The van der Waals surface area contributed by atoms with Gasteiger partial charge in [-0.05, 0) is 57.8 Å². The molecule has 0 aromatic heterocycles. The molecular formula is C15H25NO3. The van der Waals surface area contributed by atoms with Gasteiger partial charge in [0, 0.05) is 12.5 Å². The first-order valence-electron chi connectivity index (χ1n) is 7.45. The highest BCUT2D eigenvalue weighted by Gasteiger charge is 2.62. The molecule has 1 N–H and O–H groups in total. The van der Waals surface area contributed by atoms with Gasteiger partial charge in [0.15, 0.2) is 0 Å². The van der Waals surface area contributed by atoms with Crippen molar-refractivity contribution in [1.29, 1.82) is 0 Å². The van der Waals surface area contributed by atoms with Crippen molar-refractivity contribution in [2.24, 2.45) is 17.3 Å². The molecule has 3 aliphatic rings. The predicted molar refractivity (Wildman–Crippen MR) is 71.7 cm³/mol. The van der Waals surface area contributed by atoms with Crippen LogP contribution in [0, 0.1) is 17.3 Å². The first-order chi connectivity index (χ1) is 8.79. The van der Waals surface area contributed by atoms with Gasteiger partial charge in [-0.15, -0.1) is 0 Å². The van der Waals surface area contributed by atoms with Gasteiger partial charge in [-0.1, -0.05) is 0 Å². The maximum absolute atomic E-state index is 12.0. The average Bonchev–Trinajstić information content (AvgIpc) is 3.13. The third-order valence-electron chi connectivity index (χ3n) is 4.90. The summed E-state index contributed by atoms with van der Waals surface area (Å²) < 4.78 is 5.37. The summed E-state index contributed by atoms with van der Waals surface area (Å²) in [7, 11) is 0. The van der Waals surface area contributed by atoms with Crippen molar-refractivity contribution in [3.05, 3.63) is 0 Å². The molecule has 3 unspecified atom stereocenters. The fraction of sp³-hybridized carbons (Fsp3) is 0.933. The number of hydrogen-bond acceptors (Lipinski definition) is 3. The Morgan fingerprint density at radius 3 is 2.58 bits per heavy atom. The van der Waals surface area contributed by atoms with E-state index in [0.29, 0.717) is 18.5 Å². The van der Waals surface area contributed by atoms with Gasteiger partial charge in [-0.2, -0.15) is 0 Å². The maximum atomic E-state index is 12.0. The van der Waals surface area contributed by atoms with Gasteiger partial charge in [0.1, 0.15) is 5.60 Å². The van der Waals surface area contributed by atoms with E-state index in [4.69, 9.17) is 4.74 Å². The highest BCUT2D eigenvalue weighted by molar-refractivity contribution is 5.68. The highest BCUT2D eigenvalue weighted by Crippen LogP contribution is 2.72. The molecule has 0 aromatic carbocycles. The zero-order valence-corrected chi connectivity index (χ0v) is 12.2. The van der Waals surface area contributed by atoms with Crippen molar-refractivity contribution in [2.75, 3.05) is 13.1 Å². The third-order valence-corrected chi connectivity index (χ3v) is 4.90. The molecule has 2 aliphatic carbocycles. The summed E-state index contributed by atoms with van der Waals surface area (Å²) >= 11 is 0. The monoisotopic (exact) mass is 267 g/mol. The lowest BCUT2D eigenvalue weighted by molar-refractivity contribution is 0.0269. The van der Waals surface area contributed by atoms with E-state index < -0.39 is 5.60 Å². The second-order valence-electron chi connectivity index (χ2n) is 7.71.